The minimum absolute atomic E-state index is 0.255. The molecule has 3 atom stereocenters. The van der Waals surface area contributed by atoms with Gasteiger partial charge in [-0.25, -0.2) is 0 Å². The van der Waals surface area contributed by atoms with Gasteiger partial charge in [0, 0.05) is 0 Å². The molecule has 0 saturated heterocycles. The molecule has 0 heterocycles. The fourth-order valence-electron chi connectivity index (χ4n) is 2.53. The third-order valence-electron chi connectivity index (χ3n) is 3.27. The molecule has 4 nitrogen and oxygen atoms in total. The quantitative estimate of drug-likeness (QED) is 0.795. The van der Waals surface area contributed by atoms with Crippen LogP contribution in [0.1, 0.15) is 29.9 Å². The SMILES string of the molecule is CC1c2ccccc2C(C(=O)O)C1C(=O)O. The molecule has 2 N–H and O–H groups in total. The van der Waals surface area contributed by atoms with Crippen LogP contribution in [0.3, 0.4) is 0 Å². The van der Waals surface area contributed by atoms with Crippen LogP contribution in [0, 0.1) is 5.92 Å². The van der Waals surface area contributed by atoms with E-state index in [0.717, 1.165) is 5.56 Å². The average Bonchev–Trinajstić information content (AvgIpc) is 2.53. The van der Waals surface area contributed by atoms with E-state index < -0.39 is 23.8 Å². The molecule has 0 fully saturated rings. The van der Waals surface area contributed by atoms with Crippen molar-refractivity contribution in [2.45, 2.75) is 18.8 Å². The second-order valence-electron chi connectivity index (χ2n) is 4.10. The Balaban J connectivity index is 2.56. The maximum atomic E-state index is 11.2. The largest absolute Gasteiger partial charge is 0.481 e. The standard InChI is InChI=1S/C12H12O4/c1-6-7-4-2-3-5-8(7)10(12(15)16)9(6)11(13)14/h2-6,9-10H,1H3,(H,13,14)(H,15,16). The van der Waals surface area contributed by atoms with Gasteiger partial charge in [0.05, 0.1) is 11.8 Å². The highest BCUT2D eigenvalue weighted by Crippen LogP contribution is 2.46. The highest BCUT2D eigenvalue weighted by molar-refractivity contribution is 5.87. The van der Waals surface area contributed by atoms with E-state index in [-0.39, 0.29) is 5.92 Å². The fraction of sp³-hybridized carbons (Fsp3) is 0.333. The van der Waals surface area contributed by atoms with Crippen molar-refractivity contribution in [2.75, 3.05) is 0 Å². The molecule has 84 valence electrons. The summed E-state index contributed by atoms with van der Waals surface area (Å²) in [5, 5.41) is 18.2. The smallest absolute Gasteiger partial charge is 0.311 e. The molecule has 0 aromatic heterocycles. The van der Waals surface area contributed by atoms with Gasteiger partial charge in [0.2, 0.25) is 0 Å². The molecule has 0 amide bonds. The Bertz CT molecular complexity index is 452. The molecule has 4 heteroatoms. The molecule has 0 aliphatic heterocycles. The normalized spacial score (nSPS) is 27.4. The van der Waals surface area contributed by atoms with Gasteiger partial charge in [-0.2, -0.15) is 0 Å². The van der Waals surface area contributed by atoms with E-state index in [1.54, 1.807) is 31.2 Å². The molecule has 0 saturated carbocycles. The summed E-state index contributed by atoms with van der Waals surface area (Å²) in [4.78, 5) is 22.3. The number of fused-ring (bicyclic) bond motifs is 1. The number of carboxylic acids is 2. The van der Waals surface area contributed by atoms with Gasteiger partial charge in [-0.15, -0.1) is 0 Å². The summed E-state index contributed by atoms with van der Waals surface area (Å²) in [6, 6.07) is 7.05. The van der Waals surface area contributed by atoms with Crippen LogP contribution in [-0.2, 0) is 9.59 Å². The van der Waals surface area contributed by atoms with Gasteiger partial charge in [0.1, 0.15) is 0 Å². The summed E-state index contributed by atoms with van der Waals surface area (Å²) in [6.07, 6.45) is 0. The molecule has 1 aliphatic carbocycles. The van der Waals surface area contributed by atoms with Gasteiger partial charge in [-0.05, 0) is 17.0 Å². The van der Waals surface area contributed by atoms with E-state index in [9.17, 15) is 9.59 Å². The fourth-order valence-corrected chi connectivity index (χ4v) is 2.53. The summed E-state index contributed by atoms with van der Waals surface area (Å²) in [6.45, 7) is 1.76. The number of rotatable bonds is 2. The van der Waals surface area contributed by atoms with Gasteiger partial charge in [0.15, 0.2) is 0 Å². The maximum Gasteiger partial charge on any atom is 0.311 e. The molecule has 1 aliphatic rings. The van der Waals surface area contributed by atoms with Crippen LogP contribution in [0.2, 0.25) is 0 Å². The lowest BCUT2D eigenvalue weighted by Gasteiger charge is -2.15. The molecule has 0 bridgehead atoms. The van der Waals surface area contributed by atoms with Crippen molar-refractivity contribution in [2.24, 2.45) is 5.92 Å². The molecular formula is C12H12O4. The van der Waals surface area contributed by atoms with E-state index in [2.05, 4.69) is 0 Å². The molecule has 3 unspecified atom stereocenters. The van der Waals surface area contributed by atoms with Crippen LogP contribution in [0.25, 0.3) is 0 Å². The van der Waals surface area contributed by atoms with Crippen molar-refractivity contribution in [1.82, 2.24) is 0 Å². The van der Waals surface area contributed by atoms with E-state index in [1.165, 1.54) is 0 Å². The minimum Gasteiger partial charge on any atom is -0.481 e. The summed E-state index contributed by atoms with van der Waals surface area (Å²) < 4.78 is 0. The van der Waals surface area contributed by atoms with Crippen LogP contribution >= 0.6 is 0 Å². The predicted octanol–water partition coefficient (Wildman–Crippen LogP) is 1.67. The summed E-state index contributed by atoms with van der Waals surface area (Å²) in [7, 11) is 0. The molecule has 1 aromatic carbocycles. The van der Waals surface area contributed by atoms with Gasteiger partial charge >= 0.3 is 11.9 Å². The number of hydrogen-bond donors (Lipinski definition) is 2. The zero-order valence-electron chi connectivity index (χ0n) is 8.75. The van der Waals surface area contributed by atoms with Crippen molar-refractivity contribution in [1.29, 1.82) is 0 Å². The average molecular weight is 220 g/mol. The van der Waals surface area contributed by atoms with Gasteiger partial charge in [-0.1, -0.05) is 31.2 Å². The van der Waals surface area contributed by atoms with Gasteiger partial charge in [-0.3, -0.25) is 9.59 Å². The lowest BCUT2D eigenvalue weighted by atomic mass is 9.88. The van der Waals surface area contributed by atoms with Crippen molar-refractivity contribution in [3.05, 3.63) is 35.4 Å². The lowest BCUT2D eigenvalue weighted by Crippen LogP contribution is -2.26. The lowest BCUT2D eigenvalue weighted by molar-refractivity contribution is -0.150. The van der Waals surface area contributed by atoms with E-state index in [1.807, 2.05) is 0 Å². The van der Waals surface area contributed by atoms with Crippen molar-refractivity contribution in [3.8, 4) is 0 Å². The monoisotopic (exact) mass is 220 g/mol. The van der Waals surface area contributed by atoms with Gasteiger partial charge in [0.25, 0.3) is 0 Å². The molecule has 0 radical (unpaired) electrons. The van der Waals surface area contributed by atoms with Crippen LogP contribution in [0.4, 0.5) is 0 Å². The Hall–Kier alpha value is -1.84. The second kappa shape index (κ2) is 3.63. The molecular weight excluding hydrogens is 208 g/mol. The molecule has 1 aromatic rings. The maximum absolute atomic E-state index is 11.2. The number of carbonyl (C=O) groups is 2. The first kappa shape index (κ1) is 10.7. The molecule has 16 heavy (non-hydrogen) atoms. The van der Waals surface area contributed by atoms with Crippen LogP contribution < -0.4 is 0 Å². The third-order valence-corrected chi connectivity index (χ3v) is 3.27. The van der Waals surface area contributed by atoms with E-state index in [0.29, 0.717) is 5.56 Å². The van der Waals surface area contributed by atoms with Crippen molar-refractivity contribution >= 4 is 11.9 Å². The Morgan fingerprint density at radius 3 is 2.12 bits per heavy atom. The first-order valence-corrected chi connectivity index (χ1v) is 5.08. The summed E-state index contributed by atoms with van der Waals surface area (Å²) in [5.74, 6) is -4.16. The third kappa shape index (κ3) is 1.38. The highest BCUT2D eigenvalue weighted by Gasteiger charge is 2.46. The summed E-state index contributed by atoms with van der Waals surface area (Å²) in [5.41, 5.74) is 1.47. The zero-order valence-corrected chi connectivity index (χ0v) is 8.75. The Kier molecular flexibility index (Phi) is 2.42. The topological polar surface area (TPSA) is 74.6 Å². The zero-order chi connectivity index (χ0) is 11.9. The molecule has 0 spiro atoms. The van der Waals surface area contributed by atoms with Crippen molar-refractivity contribution < 1.29 is 19.8 Å². The summed E-state index contributed by atoms with van der Waals surface area (Å²) >= 11 is 0. The number of carboxylic acid groups (broad SMARTS) is 2. The van der Waals surface area contributed by atoms with E-state index >= 15 is 0 Å². The number of benzene rings is 1. The molecule has 2 rings (SSSR count). The Labute approximate surface area is 92.5 Å². The van der Waals surface area contributed by atoms with Gasteiger partial charge < -0.3 is 10.2 Å². The van der Waals surface area contributed by atoms with Crippen molar-refractivity contribution in [3.63, 3.8) is 0 Å². The predicted molar refractivity (Wildman–Crippen MR) is 56.4 cm³/mol. The first-order valence-electron chi connectivity index (χ1n) is 5.08. The second-order valence-corrected chi connectivity index (χ2v) is 4.10. The van der Waals surface area contributed by atoms with E-state index in [4.69, 9.17) is 10.2 Å². The number of aliphatic carboxylic acids is 2. The van der Waals surface area contributed by atoms with Crippen LogP contribution in [0.5, 0.6) is 0 Å². The Morgan fingerprint density at radius 1 is 1.06 bits per heavy atom. The van der Waals surface area contributed by atoms with Crippen LogP contribution in [0.15, 0.2) is 24.3 Å². The Morgan fingerprint density at radius 2 is 1.62 bits per heavy atom. The van der Waals surface area contributed by atoms with Crippen LogP contribution in [-0.4, -0.2) is 22.2 Å². The first-order chi connectivity index (χ1) is 7.54. The highest BCUT2D eigenvalue weighted by atomic mass is 16.4. The number of hydrogen-bond acceptors (Lipinski definition) is 2. The minimum atomic E-state index is -1.07.